The molecule has 0 radical (unpaired) electrons. The minimum Gasteiger partial charge on any atom is -0.493 e. The molecule has 2 aromatic rings. The number of nitrogens with zero attached hydrogens (tertiary/aromatic N) is 1. The van der Waals surface area contributed by atoms with Crippen LogP contribution in [0.5, 0.6) is 11.5 Å². The van der Waals surface area contributed by atoms with Crippen molar-refractivity contribution in [3.8, 4) is 11.5 Å². The van der Waals surface area contributed by atoms with Crippen molar-refractivity contribution in [3.63, 3.8) is 0 Å². The van der Waals surface area contributed by atoms with E-state index >= 15 is 0 Å². The van der Waals surface area contributed by atoms with Gasteiger partial charge < -0.3 is 19.5 Å². The molecule has 2 aliphatic heterocycles. The van der Waals surface area contributed by atoms with Crippen molar-refractivity contribution in [1.29, 1.82) is 0 Å². The highest BCUT2D eigenvalue weighted by molar-refractivity contribution is 5.96. The van der Waals surface area contributed by atoms with Gasteiger partial charge in [-0.1, -0.05) is 24.3 Å². The van der Waals surface area contributed by atoms with Gasteiger partial charge in [0.25, 0.3) is 0 Å². The smallest absolute Gasteiger partial charge is 0.340 e. The normalized spacial score (nSPS) is 20.0. The number of carbonyl (C=O) groups is 3. The minimum absolute atomic E-state index is 0.212. The lowest BCUT2D eigenvalue weighted by Gasteiger charge is -2.29. The van der Waals surface area contributed by atoms with Crippen molar-refractivity contribution in [2.24, 2.45) is 0 Å². The predicted octanol–water partition coefficient (Wildman–Crippen LogP) is 2.18. The van der Waals surface area contributed by atoms with Gasteiger partial charge in [0.2, 0.25) is 18.0 Å². The molecule has 2 aromatic carbocycles. The molecule has 30 heavy (non-hydrogen) atoms. The second-order valence-electron chi connectivity index (χ2n) is 7.11. The number of rotatable bonds is 6. The molecule has 2 heterocycles. The maximum atomic E-state index is 12.9. The number of esters is 1. The third-order valence-corrected chi connectivity index (χ3v) is 5.39. The summed E-state index contributed by atoms with van der Waals surface area (Å²) in [6.07, 6.45) is -0.280. The molecule has 1 saturated heterocycles. The zero-order valence-corrected chi connectivity index (χ0v) is 16.7. The van der Waals surface area contributed by atoms with Crippen molar-refractivity contribution < 1.29 is 28.6 Å². The number of likely N-dealkylation sites (tertiary alicyclic amines) is 1. The molecule has 2 aliphatic rings. The highest BCUT2D eigenvalue weighted by Crippen LogP contribution is 2.38. The Morgan fingerprint density at radius 3 is 2.67 bits per heavy atom. The van der Waals surface area contributed by atoms with E-state index in [0.29, 0.717) is 29.0 Å². The largest absolute Gasteiger partial charge is 0.493 e. The molecule has 0 aromatic heterocycles. The highest BCUT2D eigenvalue weighted by atomic mass is 16.6. The summed E-state index contributed by atoms with van der Waals surface area (Å²) in [4.78, 5) is 39.0. The van der Waals surface area contributed by atoms with Crippen LogP contribution in [0, 0.1) is 0 Å². The van der Waals surface area contributed by atoms with Gasteiger partial charge in [-0.15, -0.1) is 0 Å². The Hall–Kier alpha value is -3.55. The molecule has 156 valence electrons. The molecule has 8 heteroatoms. The molecular weight excluding hydrogens is 388 g/mol. The second kappa shape index (κ2) is 8.06. The summed E-state index contributed by atoms with van der Waals surface area (Å²) in [6, 6.07) is 11.6. The van der Waals surface area contributed by atoms with Crippen LogP contribution >= 0.6 is 0 Å². The number of methoxy groups -OCH3 is 2. The number of hydrogen-bond acceptors (Lipinski definition) is 6. The number of nitrogens with one attached hydrogen (secondary N) is 1. The first-order valence-corrected chi connectivity index (χ1v) is 9.63. The van der Waals surface area contributed by atoms with Crippen LogP contribution < -0.4 is 14.8 Å². The van der Waals surface area contributed by atoms with Crippen LogP contribution in [-0.2, 0) is 20.9 Å². The number of hydrogen-bond donors (Lipinski definition) is 1. The van der Waals surface area contributed by atoms with Crippen molar-refractivity contribution in [2.45, 2.75) is 31.7 Å². The Morgan fingerprint density at radius 2 is 1.90 bits per heavy atom. The van der Waals surface area contributed by atoms with Crippen molar-refractivity contribution >= 4 is 17.8 Å². The summed E-state index contributed by atoms with van der Waals surface area (Å²) in [6.45, 7) is 0.263. The fourth-order valence-corrected chi connectivity index (χ4v) is 3.88. The van der Waals surface area contributed by atoms with Gasteiger partial charge in [0, 0.05) is 18.5 Å². The average molecular weight is 410 g/mol. The number of amides is 2. The van der Waals surface area contributed by atoms with Crippen LogP contribution in [0.1, 0.15) is 40.6 Å². The molecule has 8 nitrogen and oxygen atoms in total. The van der Waals surface area contributed by atoms with E-state index in [-0.39, 0.29) is 24.8 Å². The summed E-state index contributed by atoms with van der Waals surface area (Å²) in [5.41, 5.74) is 1.86. The molecule has 0 bridgehead atoms. The molecule has 0 saturated carbocycles. The van der Waals surface area contributed by atoms with Crippen LogP contribution in [0.25, 0.3) is 0 Å². The van der Waals surface area contributed by atoms with Crippen molar-refractivity contribution in [1.82, 2.24) is 10.2 Å². The average Bonchev–Trinajstić information content (AvgIpc) is 3.31. The summed E-state index contributed by atoms with van der Waals surface area (Å²) in [5.74, 6) is 0.171. The fraction of sp³-hybridized carbons (Fsp3) is 0.318. The van der Waals surface area contributed by atoms with Gasteiger partial charge in [-0.05, 0) is 30.2 Å². The topological polar surface area (TPSA) is 94.2 Å². The summed E-state index contributed by atoms with van der Waals surface area (Å²) < 4.78 is 15.9. The number of ether oxygens (including phenoxy) is 3. The van der Waals surface area contributed by atoms with Gasteiger partial charge in [0.1, 0.15) is 6.04 Å². The maximum absolute atomic E-state index is 12.9. The quantitative estimate of drug-likeness (QED) is 0.734. The molecule has 1 fully saturated rings. The Balaban J connectivity index is 1.49. The van der Waals surface area contributed by atoms with E-state index in [9.17, 15) is 14.4 Å². The van der Waals surface area contributed by atoms with Crippen LogP contribution in [0.2, 0.25) is 0 Å². The van der Waals surface area contributed by atoms with E-state index in [1.54, 1.807) is 50.6 Å². The second-order valence-corrected chi connectivity index (χ2v) is 7.11. The Labute approximate surface area is 173 Å². The lowest BCUT2D eigenvalue weighted by atomic mass is 10.1. The Morgan fingerprint density at radius 1 is 1.13 bits per heavy atom. The zero-order chi connectivity index (χ0) is 21.3. The summed E-state index contributed by atoms with van der Waals surface area (Å²) in [5, 5.41) is 2.87. The van der Waals surface area contributed by atoms with Crippen molar-refractivity contribution in [3.05, 3.63) is 59.2 Å². The van der Waals surface area contributed by atoms with Gasteiger partial charge >= 0.3 is 5.97 Å². The zero-order valence-electron chi connectivity index (χ0n) is 16.7. The van der Waals surface area contributed by atoms with Crippen LogP contribution in [-0.4, -0.2) is 42.9 Å². The lowest BCUT2D eigenvalue weighted by molar-refractivity contribution is -0.145. The standard InChI is InChI=1S/C22H22N2O6/c1-28-17-9-7-13(11-18(17)29-2)12-23-20(26)16-8-10-19(25)24(16)21-14-5-3-4-6-15(14)22(27)30-21/h3-7,9,11,16,21H,8,10,12H2,1-2H3,(H,23,26)/t16-,21+/m1/s1. The molecule has 2 atom stereocenters. The van der Waals surface area contributed by atoms with E-state index in [0.717, 1.165) is 5.56 Å². The monoisotopic (exact) mass is 410 g/mol. The molecule has 0 spiro atoms. The Kier molecular flexibility index (Phi) is 5.31. The number of benzene rings is 2. The van der Waals surface area contributed by atoms with Gasteiger partial charge in [0.15, 0.2) is 11.5 Å². The Bertz CT molecular complexity index is 1000. The SMILES string of the molecule is COc1ccc(CNC(=O)[C@H]2CCC(=O)N2[C@H]2OC(=O)c3ccccc32)cc1OC. The van der Waals surface area contributed by atoms with Gasteiger partial charge in [0.05, 0.1) is 19.8 Å². The summed E-state index contributed by atoms with van der Waals surface area (Å²) in [7, 11) is 3.10. The van der Waals surface area contributed by atoms with Gasteiger partial charge in [-0.25, -0.2) is 4.79 Å². The van der Waals surface area contributed by atoms with Crippen molar-refractivity contribution in [2.75, 3.05) is 14.2 Å². The van der Waals surface area contributed by atoms with E-state index in [2.05, 4.69) is 5.32 Å². The molecule has 0 unspecified atom stereocenters. The minimum atomic E-state index is -0.875. The molecule has 4 rings (SSSR count). The predicted molar refractivity (Wildman–Crippen MR) is 106 cm³/mol. The van der Waals surface area contributed by atoms with Gasteiger partial charge in [-0.2, -0.15) is 0 Å². The van der Waals surface area contributed by atoms with E-state index in [1.165, 1.54) is 4.90 Å². The number of cyclic esters (lactones) is 1. The summed E-state index contributed by atoms with van der Waals surface area (Å²) >= 11 is 0. The lowest BCUT2D eigenvalue weighted by Crippen LogP contribution is -2.46. The third-order valence-electron chi connectivity index (χ3n) is 5.39. The molecular formula is C22H22N2O6. The first kappa shape index (κ1) is 19.8. The number of carbonyl (C=O) groups excluding carboxylic acids is 3. The van der Waals surface area contributed by atoms with Crippen LogP contribution in [0.15, 0.2) is 42.5 Å². The van der Waals surface area contributed by atoms with Gasteiger partial charge in [-0.3, -0.25) is 14.5 Å². The van der Waals surface area contributed by atoms with E-state index < -0.39 is 18.2 Å². The first-order valence-electron chi connectivity index (χ1n) is 9.63. The van der Waals surface area contributed by atoms with E-state index in [1.807, 2.05) is 6.07 Å². The number of fused-ring (bicyclic) bond motifs is 1. The molecule has 0 aliphatic carbocycles. The highest BCUT2D eigenvalue weighted by Gasteiger charge is 2.46. The maximum Gasteiger partial charge on any atom is 0.340 e. The first-order chi connectivity index (χ1) is 14.5. The fourth-order valence-electron chi connectivity index (χ4n) is 3.88. The van der Waals surface area contributed by atoms with Crippen LogP contribution in [0.3, 0.4) is 0 Å². The third kappa shape index (κ3) is 3.45. The van der Waals surface area contributed by atoms with Crippen LogP contribution in [0.4, 0.5) is 0 Å². The van der Waals surface area contributed by atoms with E-state index in [4.69, 9.17) is 14.2 Å². The molecule has 2 amide bonds. The molecule has 1 N–H and O–H groups in total.